The molecule has 0 saturated heterocycles. The van der Waals surface area contributed by atoms with Crippen LogP contribution in [0.1, 0.15) is 46.4 Å². The van der Waals surface area contributed by atoms with Crippen molar-refractivity contribution >= 4 is 11.9 Å². The van der Waals surface area contributed by atoms with Crippen LogP contribution in [0.15, 0.2) is 11.3 Å². The van der Waals surface area contributed by atoms with Gasteiger partial charge < -0.3 is 19.7 Å². The summed E-state index contributed by atoms with van der Waals surface area (Å²) in [6.07, 6.45) is 4.74. The van der Waals surface area contributed by atoms with Crippen molar-refractivity contribution in [2.45, 2.75) is 53.5 Å². The largest absolute Gasteiger partial charge is 0.354 e. The maximum absolute atomic E-state index is 12.4. The van der Waals surface area contributed by atoms with Crippen LogP contribution in [0.25, 0.3) is 0 Å². The lowest BCUT2D eigenvalue weighted by atomic mass is 10.3. The lowest BCUT2D eigenvalue weighted by Crippen LogP contribution is -2.46. The van der Waals surface area contributed by atoms with Crippen molar-refractivity contribution in [1.82, 2.24) is 29.9 Å². The van der Waals surface area contributed by atoms with Gasteiger partial charge in [-0.15, -0.1) is 10.2 Å². The van der Waals surface area contributed by atoms with E-state index in [2.05, 4.69) is 34.4 Å². The number of nitrogens with one attached hydrogen (secondary N) is 1. The van der Waals surface area contributed by atoms with Crippen molar-refractivity contribution in [3.63, 3.8) is 0 Å². The Balaban J connectivity index is 2.65. The second kappa shape index (κ2) is 12.3. The summed E-state index contributed by atoms with van der Waals surface area (Å²) in [5.74, 6) is 1.86. The van der Waals surface area contributed by atoms with Gasteiger partial charge >= 0.3 is 0 Å². The van der Waals surface area contributed by atoms with E-state index in [9.17, 15) is 4.79 Å². The fourth-order valence-electron chi connectivity index (χ4n) is 2.64. The smallest absolute Gasteiger partial charge is 0.242 e. The van der Waals surface area contributed by atoms with Crippen LogP contribution >= 0.6 is 0 Å². The van der Waals surface area contributed by atoms with E-state index >= 15 is 0 Å². The van der Waals surface area contributed by atoms with Crippen molar-refractivity contribution in [2.75, 3.05) is 39.8 Å². The molecule has 0 aromatic carbocycles. The van der Waals surface area contributed by atoms with Crippen molar-refractivity contribution < 1.29 is 4.79 Å². The summed E-state index contributed by atoms with van der Waals surface area (Å²) in [4.78, 5) is 20.8. The van der Waals surface area contributed by atoms with Gasteiger partial charge in [0, 0.05) is 46.2 Å². The molecule has 0 saturated carbocycles. The van der Waals surface area contributed by atoms with Gasteiger partial charge in [0.15, 0.2) is 5.96 Å². The van der Waals surface area contributed by atoms with E-state index in [1.54, 1.807) is 6.33 Å². The van der Waals surface area contributed by atoms with Gasteiger partial charge in [-0.05, 0) is 20.3 Å². The zero-order valence-corrected chi connectivity index (χ0v) is 17.0. The highest BCUT2D eigenvalue weighted by Gasteiger charge is 2.15. The minimum absolute atomic E-state index is 0.120. The van der Waals surface area contributed by atoms with E-state index < -0.39 is 0 Å². The number of nitrogens with zero attached hydrogens (tertiary/aromatic N) is 6. The van der Waals surface area contributed by atoms with Gasteiger partial charge in [-0.2, -0.15) is 0 Å². The highest BCUT2D eigenvalue weighted by molar-refractivity contribution is 5.86. The molecule has 1 aromatic rings. The van der Waals surface area contributed by atoms with Crippen LogP contribution in [0, 0.1) is 0 Å². The van der Waals surface area contributed by atoms with Crippen LogP contribution in [-0.4, -0.2) is 76.2 Å². The Morgan fingerprint density at radius 3 is 2.62 bits per heavy atom. The molecular weight excluding hydrogens is 330 g/mol. The summed E-state index contributed by atoms with van der Waals surface area (Å²) in [5.41, 5.74) is 0. The molecule has 148 valence electrons. The van der Waals surface area contributed by atoms with E-state index in [1.807, 2.05) is 35.3 Å². The molecule has 0 radical (unpaired) electrons. The lowest BCUT2D eigenvalue weighted by Gasteiger charge is -2.26. The van der Waals surface area contributed by atoms with Gasteiger partial charge in [0.05, 0.1) is 6.54 Å². The molecule has 0 bridgehead atoms. The average Bonchev–Trinajstić information content (AvgIpc) is 3.09. The summed E-state index contributed by atoms with van der Waals surface area (Å²) in [7, 11) is 1.91. The summed E-state index contributed by atoms with van der Waals surface area (Å²) < 4.78 is 2.04. The first-order valence-corrected chi connectivity index (χ1v) is 9.71. The Bertz CT molecular complexity index is 551. The molecule has 8 heteroatoms. The van der Waals surface area contributed by atoms with Crippen LogP contribution < -0.4 is 5.32 Å². The second-order valence-electron chi connectivity index (χ2n) is 6.20. The predicted octanol–water partition coefficient (Wildman–Crippen LogP) is 1.39. The molecule has 26 heavy (non-hydrogen) atoms. The first-order valence-electron chi connectivity index (χ1n) is 9.71. The van der Waals surface area contributed by atoms with Crippen LogP contribution in [0.2, 0.25) is 0 Å². The number of rotatable bonds is 11. The topological polar surface area (TPSA) is 78.6 Å². The van der Waals surface area contributed by atoms with Crippen LogP contribution in [-0.2, 0) is 17.8 Å². The number of carbonyl (C=O) groups excluding carboxylic acids is 1. The van der Waals surface area contributed by atoms with E-state index in [4.69, 9.17) is 0 Å². The molecule has 0 fully saturated rings. The van der Waals surface area contributed by atoms with Gasteiger partial charge in [-0.25, -0.2) is 0 Å². The molecule has 1 N–H and O–H groups in total. The normalized spacial score (nSPS) is 11.5. The molecule has 1 rings (SSSR count). The van der Waals surface area contributed by atoms with Gasteiger partial charge in [0.1, 0.15) is 12.2 Å². The number of likely N-dealkylation sites (N-methyl/N-ethyl adjacent to an activating group) is 2. The Labute approximate surface area is 157 Å². The third-order valence-electron chi connectivity index (χ3n) is 4.27. The third-order valence-corrected chi connectivity index (χ3v) is 4.27. The number of guanidine groups is 1. The highest BCUT2D eigenvalue weighted by atomic mass is 16.2. The number of hydrogen-bond donors (Lipinski definition) is 1. The number of hydrogen-bond acceptors (Lipinski definition) is 4. The van der Waals surface area contributed by atoms with Crippen LogP contribution in [0.4, 0.5) is 0 Å². The summed E-state index contributed by atoms with van der Waals surface area (Å²) in [6.45, 7) is 12.2. The quantitative estimate of drug-likeness (QED) is 0.364. The predicted molar refractivity (Wildman–Crippen MR) is 105 cm³/mol. The van der Waals surface area contributed by atoms with Crippen LogP contribution in [0.3, 0.4) is 0 Å². The number of carbonyl (C=O) groups is 1. The standard InChI is InChI=1S/C18H35N7O/c1-6-10-11-19-18(23(5)14-17(26)24(8-3)9-4)20-12-13-25-15-21-22-16(25)7-2/h15H,6-14H2,1-5H3,(H,19,20). The first-order chi connectivity index (χ1) is 12.6. The Morgan fingerprint density at radius 1 is 1.27 bits per heavy atom. The Morgan fingerprint density at radius 2 is 2.00 bits per heavy atom. The minimum Gasteiger partial charge on any atom is -0.354 e. The number of amides is 1. The van der Waals surface area contributed by atoms with Gasteiger partial charge in [0.2, 0.25) is 5.91 Å². The SMILES string of the molecule is CCCCN=C(NCCn1cnnc1CC)N(C)CC(=O)N(CC)CC. The van der Waals surface area contributed by atoms with Gasteiger partial charge in [0.25, 0.3) is 0 Å². The van der Waals surface area contributed by atoms with Gasteiger partial charge in [-0.1, -0.05) is 20.3 Å². The van der Waals surface area contributed by atoms with E-state index in [0.717, 1.165) is 57.2 Å². The minimum atomic E-state index is 0.120. The molecule has 0 spiro atoms. The summed E-state index contributed by atoms with van der Waals surface area (Å²) >= 11 is 0. The zero-order valence-electron chi connectivity index (χ0n) is 17.0. The molecule has 1 heterocycles. The van der Waals surface area contributed by atoms with Crippen LogP contribution in [0.5, 0.6) is 0 Å². The second-order valence-corrected chi connectivity index (χ2v) is 6.20. The molecule has 0 aliphatic rings. The first kappa shape index (κ1) is 21.9. The Kier molecular flexibility index (Phi) is 10.3. The highest BCUT2D eigenvalue weighted by Crippen LogP contribution is 1.97. The van der Waals surface area contributed by atoms with Crippen molar-refractivity contribution in [2.24, 2.45) is 4.99 Å². The maximum Gasteiger partial charge on any atom is 0.242 e. The summed E-state index contributed by atoms with van der Waals surface area (Å²) in [6, 6.07) is 0. The zero-order chi connectivity index (χ0) is 19.4. The fourth-order valence-corrected chi connectivity index (χ4v) is 2.64. The number of unbranched alkanes of at least 4 members (excludes halogenated alkanes) is 1. The molecule has 0 atom stereocenters. The van der Waals surface area contributed by atoms with Crippen molar-refractivity contribution in [1.29, 1.82) is 0 Å². The Hall–Kier alpha value is -2.12. The number of aryl methyl sites for hydroxylation is 1. The monoisotopic (exact) mass is 365 g/mol. The third kappa shape index (κ3) is 7.01. The molecule has 0 aliphatic carbocycles. The summed E-state index contributed by atoms with van der Waals surface area (Å²) in [5, 5.41) is 11.4. The lowest BCUT2D eigenvalue weighted by molar-refractivity contribution is -0.131. The number of aliphatic imine (C=N–C) groups is 1. The molecule has 8 nitrogen and oxygen atoms in total. The maximum atomic E-state index is 12.4. The molecule has 0 aliphatic heterocycles. The molecular formula is C18H35N7O. The van der Waals surface area contributed by atoms with Crippen molar-refractivity contribution in [3.8, 4) is 0 Å². The van der Waals surface area contributed by atoms with Crippen molar-refractivity contribution in [3.05, 3.63) is 12.2 Å². The fraction of sp³-hybridized carbons (Fsp3) is 0.778. The molecule has 1 aromatic heterocycles. The molecule has 1 amide bonds. The van der Waals surface area contributed by atoms with E-state index in [-0.39, 0.29) is 5.91 Å². The molecule has 0 unspecified atom stereocenters. The van der Waals surface area contributed by atoms with E-state index in [0.29, 0.717) is 13.1 Å². The van der Waals surface area contributed by atoms with Gasteiger partial charge in [-0.3, -0.25) is 9.79 Å². The number of aromatic nitrogens is 3. The average molecular weight is 366 g/mol. The van der Waals surface area contributed by atoms with E-state index in [1.165, 1.54) is 0 Å².